The lowest BCUT2D eigenvalue weighted by Crippen LogP contribution is -2.40. The number of aromatic nitrogens is 1. The van der Waals surface area contributed by atoms with Crippen molar-refractivity contribution in [2.24, 2.45) is 11.8 Å². The van der Waals surface area contributed by atoms with Gasteiger partial charge in [0.1, 0.15) is 0 Å². The molecule has 2 heterocycles. The first kappa shape index (κ1) is 16.5. The molecule has 0 saturated carbocycles. The first-order chi connectivity index (χ1) is 9.77. The third kappa shape index (κ3) is 4.31. The maximum Gasteiger partial charge on any atom is 0.211 e. The van der Waals surface area contributed by atoms with Crippen LogP contribution in [0.25, 0.3) is 0 Å². The van der Waals surface area contributed by atoms with Gasteiger partial charge in [0, 0.05) is 32.0 Å². The van der Waals surface area contributed by atoms with Crippen LogP contribution in [-0.2, 0) is 16.6 Å². The van der Waals surface area contributed by atoms with Crippen LogP contribution in [0.2, 0.25) is 0 Å². The zero-order valence-electron chi connectivity index (χ0n) is 13.1. The summed E-state index contributed by atoms with van der Waals surface area (Å²) < 4.78 is 26.9. The lowest BCUT2D eigenvalue weighted by molar-refractivity contribution is 0.127. The van der Waals surface area contributed by atoms with Crippen LogP contribution in [0.4, 0.5) is 0 Å². The van der Waals surface area contributed by atoms with Gasteiger partial charge in [-0.2, -0.15) is 0 Å². The molecule has 5 nitrogen and oxygen atoms in total. The number of hydrogen-bond donors (Lipinski definition) is 1. The van der Waals surface area contributed by atoms with Crippen molar-refractivity contribution in [3.63, 3.8) is 0 Å². The molecule has 1 N–H and O–H groups in total. The molecule has 1 aliphatic heterocycles. The van der Waals surface area contributed by atoms with Crippen LogP contribution < -0.4 is 0 Å². The van der Waals surface area contributed by atoms with Crippen molar-refractivity contribution in [1.29, 1.82) is 0 Å². The van der Waals surface area contributed by atoms with Crippen LogP contribution >= 0.6 is 0 Å². The second-order valence-corrected chi connectivity index (χ2v) is 8.44. The van der Waals surface area contributed by atoms with Crippen molar-refractivity contribution >= 4 is 10.0 Å². The topological polar surface area (TPSA) is 62.5 Å². The zero-order valence-corrected chi connectivity index (χ0v) is 13.9. The van der Waals surface area contributed by atoms with Gasteiger partial charge in [0.05, 0.1) is 12.4 Å². The first-order valence-electron chi connectivity index (χ1n) is 7.56. The molecule has 2 unspecified atom stereocenters. The Kier molecular flexibility index (Phi) is 5.11. The minimum atomic E-state index is -3.09. The van der Waals surface area contributed by atoms with Crippen molar-refractivity contribution in [3.05, 3.63) is 24.0 Å². The molecular formula is C15H26N2O3S. The highest BCUT2D eigenvalue weighted by molar-refractivity contribution is 7.88. The van der Waals surface area contributed by atoms with E-state index < -0.39 is 16.1 Å². The van der Waals surface area contributed by atoms with Crippen molar-refractivity contribution in [2.45, 2.75) is 39.3 Å². The average Bonchev–Trinajstić information content (AvgIpc) is 2.85. The molecule has 1 aromatic heterocycles. The van der Waals surface area contributed by atoms with Crippen molar-refractivity contribution in [2.75, 3.05) is 19.3 Å². The molecule has 0 aliphatic carbocycles. The molecule has 0 aromatic carbocycles. The van der Waals surface area contributed by atoms with E-state index in [1.807, 2.05) is 32.3 Å². The fourth-order valence-electron chi connectivity index (χ4n) is 2.91. The van der Waals surface area contributed by atoms with Crippen molar-refractivity contribution in [3.8, 4) is 0 Å². The van der Waals surface area contributed by atoms with E-state index in [9.17, 15) is 13.5 Å². The maximum absolute atomic E-state index is 11.6. The molecule has 2 atom stereocenters. The summed E-state index contributed by atoms with van der Waals surface area (Å²) in [6.07, 6.45) is 6.75. The molecule has 1 aliphatic rings. The second-order valence-electron chi connectivity index (χ2n) is 6.46. The zero-order chi connectivity index (χ0) is 15.6. The van der Waals surface area contributed by atoms with E-state index in [-0.39, 0.29) is 5.92 Å². The van der Waals surface area contributed by atoms with E-state index >= 15 is 0 Å². The van der Waals surface area contributed by atoms with Gasteiger partial charge in [0.2, 0.25) is 10.0 Å². The maximum atomic E-state index is 11.6. The minimum Gasteiger partial charge on any atom is -0.388 e. The largest absolute Gasteiger partial charge is 0.388 e. The molecule has 21 heavy (non-hydrogen) atoms. The van der Waals surface area contributed by atoms with Gasteiger partial charge in [-0.1, -0.05) is 13.8 Å². The normalized spacial score (nSPS) is 22.6. The standard InChI is InChI=1S/C15H26N2O3S/c1-12(2)15(18)14-6-8-16(11-14)9-13-5-4-7-17(10-13)21(3,19)20/h6,8,11-13,15,18H,4-5,7,9-10H2,1-3H3. The lowest BCUT2D eigenvalue weighted by Gasteiger charge is -2.31. The number of sulfonamides is 1. The van der Waals surface area contributed by atoms with E-state index in [2.05, 4.69) is 4.57 Å². The molecule has 6 heteroatoms. The molecule has 1 aromatic rings. The van der Waals surface area contributed by atoms with Gasteiger partial charge in [0.15, 0.2) is 0 Å². The number of nitrogens with zero attached hydrogens (tertiary/aromatic N) is 2. The van der Waals surface area contributed by atoms with Crippen LogP contribution in [0.3, 0.4) is 0 Å². The van der Waals surface area contributed by atoms with Crippen LogP contribution in [0.1, 0.15) is 38.4 Å². The lowest BCUT2D eigenvalue weighted by atomic mass is 9.99. The van der Waals surface area contributed by atoms with E-state index in [1.54, 1.807) is 4.31 Å². The van der Waals surface area contributed by atoms with E-state index in [1.165, 1.54) is 6.26 Å². The number of piperidine rings is 1. The monoisotopic (exact) mass is 314 g/mol. The Hall–Kier alpha value is -0.850. The molecular weight excluding hydrogens is 288 g/mol. The summed E-state index contributed by atoms with van der Waals surface area (Å²) in [5.74, 6) is 0.529. The van der Waals surface area contributed by atoms with Gasteiger partial charge in [0.25, 0.3) is 0 Å². The van der Waals surface area contributed by atoms with Crippen LogP contribution in [-0.4, -0.2) is 41.7 Å². The summed E-state index contributed by atoms with van der Waals surface area (Å²) in [5, 5.41) is 10.1. The third-order valence-corrected chi connectivity index (χ3v) is 5.44. The molecule has 0 spiro atoms. The van der Waals surface area contributed by atoms with Crippen LogP contribution in [0.5, 0.6) is 0 Å². The third-order valence-electron chi connectivity index (χ3n) is 4.17. The summed E-state index contributed by atoms with van der Waals surface area (Å²) in [4.78, 5) is 0. The highest BCUT2D eigenvalue weighted by Crippen LogP contribution is 2.24. The predicted molar refractivity (Wildman–Crippen MR) is 83.4 cm³/mol. The van der Waals surface area contributed by atoms with E-state index in [0.717, 1.165) is 24.9 Å². The predicted octanol–water partition coefficient (Wildman–Crippen LogP) is 1.85. The summed E-state index contributed by atoms with van der Waals surface area (Å²) in [7, 11) is -3.09. The van der Waals surface area contributed by atoms with Gasteiger partial charge in [-0.15, -0.1) is 0 Å². The molecule has 120 valence electrons. The summed E-state index contributed by atoms with van der Waals surface area (Å²) in [6, 6.07) is 1.95. The number of hydrogen-bond acceptors (Lipinski definition) is 3. The fourth-order valence-corrected chi connectivity index (χ4v) is 3.85. The molecule has 1 saturated heterocycles. The summed E-state index contributed by atoms with van der Waals surface area (Å²) in [5.41, 5.74) is 0.931. The highest BCUT2D eigenvalue weighted by Gasteiger charge is 2.26. The molecule has 0 bridgehead atoms. The van der Waals surface area contributed by atoms with Crippen LogP contribution in [0.15, 0.2) is 18.5 Å². The smallest absolute Gasteiger partial charge is 0.211 e. The summed E-state index contributed by atoms with van der Waals surface area (Å²) >= 11 is 0. The Labute approximate surface area is 127 Å². The minimum absolute atomic E-state index is 0.191. The van der Waals surface area contributed by atoms with E-state index in [4.69, 9.17) is 0 Å². The van der Waals surface area contributed by atoms with Crippen molar-refractivity contribution < 1.29 is 13.5 Å². The van der Waals surface area contributed by atoms with Gasteiger partial charge >= 0.3 is 0 Å². The molecule has 0 radical (unpaired) electrons. The molecule has 1 fully saturated rings. The Bertz CT molecular complexity index is 565. The Morgan fingerprint density at radius 1 is 1.43 bits per heavy atom. The fraction of sp³-hybridized carbons (Fsp3) is 0.733. The first-order valence-corrected chi connectivity index (χ1v) is 9.41. The van der Waals surface area contributed by atoms with Crippen molar-refractivity contribution in [1.82, 2.24) is 8.87 Å². The SMILES string of the molecule is CC(C)C(O)c1ccn(CC2CCCN(S(C)(=O)=O)C2)c1. The second kappa shape index (κ2) is 6.50. The number of aliphatic hydroxyl groups excluding tert-OH is 1. The quantitative estimate of drug-likeness (QED) is 0.902. The van der Waals surface area contributed by atoms with Gasteiger partial charge < -0.3 is 9.67 Å². The van der Waals surface area contributed by atoms with E-state index in [0.29, 0.717) is 19.0 Å². The van der Waals surface area contributed by atoms with Gasteiger partial charge in [-0.05, 0) is 36.3 Å². The Morgan fingerprint density at radius 2 is 2.14 bits per heavy atom. The van der Waals surface area contributed by atoms with Gasteiger partial charge in [-0.25, -0.2) is 12.7 Å². The van der Waals surface area contributed by atoms with Gasteiger partial charge in [-0.3, -0.25) is 0 Å². The molecule has 2 rings (SSSR count). The average molecular weight is 314 g/mol. The Morgan fingerprint density at radius 3 is 2.76 bits per heavy atom. The number of rotatable bonds is 5. The number of aliphatic hydroxyl groups is 1. The Balaban J connectivity index is 1.99. The summed E-state index contributed by atoms with van der Waals surface area (Å²) in [6.45, 7) is 6.02. The molecule has 0 amide bonds. The van der Waals surface area contributed by atoms with Crippen LogP contribution in [0, 0.1) is 11.8 Å². The highest BCUT2D eigenvalue weighted by atomic mass is 32.2.